The number of fused-ring (bicyclic) bond motifs is 1. The van der Waals surface area contributed by atoms with Gasteiger partial charge in [-0.15, -0.1) is 0 Å². The van der Waals surface area contributed by atoms with E-state index in [-0.39, 0.29) is 11.5 Å². The topological polar surface area (TPSA) is 69.7 Å². The molecule has 0 amide bonds. The van der Waals surface area contributed by atoms with Crippen molar-refractivity contribution in [2.24, 2.45) is 11.8 Å². The molecule has 2 aliphatic rings. The Balaban J connectivity index is 2.41. The highest BCUT2D eigenvalue weighted by Gasteiger charge is 2.49. The second-order valence-corrected chi connectivity index (χ2v) is 3.91. The van der Waals surface area contributed by atoms with Crippen LogP contribution < -0.4 is 0 Å². The molecule has 0 saturated carbocycles. The zero-order valence-corrected chi connectivity index (χ0v) is 9.56. The molecule has 2 aliphatic carbocycles. The number of hydrogen-bond acceptors (Lipinski definition) is 5. The lowest BCUT2D eigenvalue weighted by Gasteiger charge is -2.11. The van der Waals surface area contributed by atoms with Gasteiger partial charge >= 0.3 is 11.9 Å². The van der Waals surface area contributed by atoms with Gasteiger partial charge in [-0.25, -0.2) is 4.79 Å². The Bertz CT molecular complexity index is 458. The van der Waals surface area contributed by atoms with Crippen molar-refractivity contribution in [3.63, 3.8) is 0 Å². The van der Waals surface area contributed by atoms with Gasteiger partial charge in [0.15, 0.2) is 5.78 Å². The summed E-state index contributed by atoms with van der Waals surface area (Å²) in [6, 6.07) is 0. The van der Waals surface area contributed by atoms with Gasteiger partial charge in [0, 0.05) is 5.92 Å². The van der Waals surface area contributed by atoms with Gasteiger partial charge in [0.2, 0.25) is 0 Å². The maximum absolute atomic E-state index is 12.0. The van der Waals surface area contributed by atoms with E-state index in [9.17, 15) is 14.4 Å². The summed E-state index contributed by atoms with van der Waals surface area (Å²) in [5.74, 6) is -3.05. The zero-order valence-electron chi connectivity index (χ0n) is 9.56. The first-order valence-corrected chi connectivity index (χ1v) is 5.21. The Morgan fingerprint density at radius 2 is 2.00 bits per heavy atom. The van der Waals surface area contributed by atoms with E-state index in [0.717, 1.165) is 0 Å². The molecule has 0 aromatic heterocycles. The van der Waals surface area contributed by atoms with Gasteiger partial charge in [-0.2, -0.15) is 0 Å². The van der Waals surface area contributed by atoms with Crippen molar-refractivity contribution in [2.45, 2.75) is 6.42 Å². The lowest BCUT2D eigenvalue weighted by atomic mass is 9.93. The first-order chi connectivity index (χ1) is 8.11. The fraction of sp³-hybridized carbons (Fsp3) is 0.417. The van der Waals surface area contributed by atoms with Gasteiger partial charge in [-0.1, -0.05) is 12.2 Å². The van der Waals surface area contributed by atoms with E-state index in [0.29, 0.717) is 12.0 Å². The van der Waals surface area contributed by atoms with Crippen molar-refractivity contribution < 1.29 is 23.9 Å². The summed E-state index contributed by atoms with van der Waals surface area (Å²) >= 11 is 0. The van der Waals surface area contributed by atoms with E-state index in [1.165, 1.54) is 14.2 Å². The van der Waals surface area contributed by atoms with Crippen molar-refractivity contribution in [1.29, 1.82) is 0 Å². The second kappa shape index (κ2) is 4.16. The highest BCUT2D eigenvalue weighted by molar-refractivity contribution is 6.25. The van der Waals surface area contributed by atoms with Crippen LogP contribution in [0.25, 0.3) is 0 Å². The van der Waals surface area contributed by atoms with E-state index in [1.54, 1.807) is 6.08 Å². The maximum atomic E-state index is 12.0. The Morgan fingerprint density at radius 3 is 2.59 bits per heavy atom. The van der Waals surface area contributed by atoms with Crippen LogP contribution in [0.15, 0.2) is 23.3 Å². The Labute approximate surface area is 98.1 Å². The highest BCUT2D eigenvalue weighted by atomic mass is 16.5. The lowest BCUT2D eigenvalue weighted by Crippen LogP contribution is -2.28. The third-order valence-corrected chi connectivity index (χ3v) is 3.14. The van der Waals surface area contributed by atoms with Crippen molar-refractivity contribution >= 4 is 17.7 Å². The molecular weight excluding hydrogens is 224 g/mol. The summed E-state index contributed by atoms with van der Waals surface area (Å²) < 4.78 is 9.18. The molecule has 2 rings (SSSR count). The predicted octanol–water partition coefficient (Wildman–Crippen LogP) is 0.404. The van der Waals surface area contributed by atoms with Crippen LogP contribution in [-0.4, -0.2) is 31.9 Å². The Hall–Kier alpha value is -1.91. The minimum atomic E-state index is -0.928. The first-order valence-electron chi connectivity index (χ1n) is 5.21. The molecule has 0 N–H and O–H groups in total. The number of methoxy groups -OCH3 is 2. The molecule has 0 aromatic carbocycles. The molecular formula is C12H12O5. The summed E-state index contributed by atoms with van der Waals surface area (Å²) in [6.45, 7) is 0. The second-order valence-electron chi connectivity index (χ2n) is 3.91. The van der Waals surface area contributed by atoms with Crippen LogP contribution in [0.1, 0.15) is 6.42 Å². The third kappa shape index (κ3) is 1.58. The van der Waals surface area contributed by atoms with Crippen molar-refractivity contribution in [1.82, 2.24) is 0 Å². The molecule has 0 aliphatic heterocycles. The molecule has 0 fully saturated rings. The summed E-state index contributed by atoms with van der Waals surface area (Å²) in [5.41, 5.74) is 0.676. The molecule has 0 unspecified atom stereocenters. The Kier molecular flexibility index (Phi) is 2.83. The van der Waals surface area contributed by atoms with Crippen LogP contribution in [0.2, 0.25) is 0 Å². The number of ether oxygens (including phenoxy) is 2. The van der Waals surface area contributed by atoms with Gasteiger partial charge in [-0.3, -0.25) is 9.59 Å². The number of esters is 2. The fourth-order valence-corrected chi connectivity index (χ4v) is 2.37. The average molecular weight is 236 g/mol. The number of rotatable bonds is 2. The van der Waals surface area contributed by atoms with Gasteiger partial charge < -0.3 is 9.47 Å². The third-order valence-electron chi connectivity index (χ3n) is 3.14. The van der Waals surface area contributed by atoms with Crippen molar-refractivity contribution in [3.8, 4) is 0 Å². The molecule has 0 radical (unpaired) electrons. The summed E-state index contributed by atoms with van der Waals surface area (Å²) in [6.07, 6.45) is 4.12. The van der Waals surface area contributed by atoms with E-state index < -0.39 is 23.6 Å². The summed E-state index contributed by atoms with van der Waals surface area (Å²) in [5, 5.41) is 0. The smallest absolute Gasteiger partial charge is 0.341 e. The van der Waals surface area contributed by atoms with Gasteiger partial charge in [0.05, 0.1) is 14.2 Å². The molecule has 5 heteroatoms. The fourth-order valence-electron chi connectivity index (χ4n) is 2.37. The number of ketones is 1. The number of Topliss-reactive ketones (excluding diaryl/α,β-unsaturated/α-hetero) is 1. The number of carbonyl (C=O) groups excluding carboxylic acids is 3. The zero-order chi connectivity index (χ0) is 12.6. The predicted molar refractivity (Wildman–Crippen MR) is 56.8 cm³/mol. The van der Waals surface area contributed by atoms with Crippen LogP contribution in [0.3, 0.4) is 0 Å². The van der Waals surface area contributed by atoms with Gasteiger partial charge in [-0.05, 0) is 12.0 Å². The molecule has 2 atom stereocenters. The van der Waals surface area contributed by atoms with Gasteiger partial charge in [0.25, 0.3) is 0 Å². The summed E-state index contributed by atoms with van der Waals surface area (Å²) in [7, 11) is 2.44. The average Bonchev–Trinajstić information content (AvgIpc) is 2.86. The number of allylic oxidation sites excluding steroid dienone is 3. The molecule has 0 aromatic rings. The lowest BCUT2D eigenvalue weighted by molar-refractivity contribution is -0.149. The molecule has 5 nitrogen and oxygen atoms in total. The van der Waals surface area contributed by atoms with Crippen molar-refractivity contribution in [2.75, 3.05) is 14.2 Å². The van der Waals surface area contributed by atoms with Gasteiger partial charge in [0.1, 0.15) is 11.5 Å². The van der Waals surface area contributed by atoms with E-state index >= 15 is 0 Å². The molecule has 0 heterocycles. The van der Waals surface area contributed by atoms with Crippen LogP contribution in [0, 0.1) is 11.8 Å². The van der Waals surface area contributed by atoms with E-state index in [1.807, 2.05) is 6.08 Å². The van der Waals surface area contributed by atoms with Crippen molar-refractivity contribution in [3.05, 3.63) is 23.3 Å². The van der Waals surface area contributed by atoms with Crippen LogP contribution in [-0.2, 0) is 23.9 Å². The SMILES string of the molecule is COC(=O)C1=C2CC=C[C@H]2[C@H](C(=O)OC)C1=O. The molecule has 17 heavy (non-hydrogen) atoms. The number of carbonyl (C=O) groups is 3. The quantitative estimate of drug-likeness (QED) is 0.300. The van der Waals surface area contributed by atoms with Crippen LogP contribution in [0.5, 0.6) is 0 Å². The maximum Gasteiger partial charge on any atom is 0.341 e. The van der Waals surface area contributed by atoms with Crippen LogP contribution in [0.4, 0.5) is 0 Å². The molecule has 0 spiro atoms. The minimum absolute atomic E-state index is 0.0119. The molecule has 0 saturated heterocycles. The first kappa shape index (κ1) is 11.6. The largest absolute Gasteiger partial charge is 0.468 e. The number of hydrogen-bond donors (Lipinski definition) is 0. The minimum Gasteiger partial charge on any atom is -0.468 e. The monoisotopic (exact) mass is 236 g/mol. The summed E-state index contributed by atoms with van der Waals surface area (Å²) in [4.78, 5) is 35.1. The van der Waals surface area contributed by atoms with E-state index in [4.69, 9.17) is 0 Å². The molecule has 90 valence electrons. The highest BCUT2D eigenvalue weighted by Crippen LogP contribution is 2.42. The van der Waals surface area contributed by atoms with Crippen LogP contribution >= 0.6 is 0 Å². The Morgan fingerprint density at radius 1 is 1.29 bits per heavy atom. The molecule has 0 bridgehead atoms. The normalized spacial score (nSPS) is 26.1. The standard InChI is InChI=1S/C12H12O5/c1-16-11(14)8-6-4-3-5-7(6)9(10(8)13)12(15)17-2/h3-4,6,8H,5H2,1-2H3/t6-,8+/m1/s1. The van der Waals surface area contributed by atoms with E-state index in [2.05, 4.69) is 9.47 Å².